The topological polar surface area (TPSA) is 86.7 Å². The summed E-state index contributed by atoms with van der Waals surface area (Å²) in [7, 11) is -1.95. The van der Waals surface area contributed by atoms with Crippen LogP contribution in [0.25, 0.3) is 6.08 Å². The van der Waals surface area contributed by atoms with Crippen molar-refractivity contribution >= 4 is 33.6 Å². The van der Waals surface area contributed by atoms with E-state index in [4.69, 9.17) is 5.11 Å². The summed E-state index contributed by atoms with van der Waals surface area (Å²) in [5.74, 6) is -1.01. The van der Waals surface area contributed by atoms with E-state index in [1.807, 2.05) is 6.92 Å². The molecule has 0 saturated carbocycles. The molecule has 1 rings (SSSR count). The van der Waals surface area contributed by atoms with Crippen molar-refractivity contribution in [1.29, 1.82) is 0 Å². The van der Waals surface area contributed by atoms with E-state index >= 15 is 0 Å². The molecular formula is C12H18N2O4S2. The summed E-state index contributed by atoms with van der Waals surface area (Å²) in [6.45, 7) is 2.55. The van der Waals surface area contributed by atoms with E-state index in [0.29, 0.717) is 6.54 Å². The van der Waals surface area contributed by atoms with Crippen molar-refractivity contribution in [3.05, 3.63) is 28.0 Å². The van der Waals surface area contributed by atoms with Crippen LogP contribution in [-0.2, 0) is 21.5 Å². The van der Waals surface area contributed by atoms with Crippen LogP contribution in [0.1, 0.15) is 23.8 Å². The second-order valence-corrected chi connectivity index (χ2v) is 7.03. The van der Waals surface area contributed by atoms with Crippen LogP contribution in [0, 0.1) is 0 Å². The standard InChI is InChI=1S/C12H18N2O4S2/c1-3-6-13-20(17,18)14(2)8-11-7-10(9-19-11)4-5-12(15)16/h4-5,7,9,13H,3,6,8H2,1-2H3,(H,15,16)/b5-4+. The Labute approximate surface area is 122 Å². The van der Waals surface area contributed by atoms with Crippen LogP contribution in [0.15, 0.2) is 17.5 Å². The fourth-order valence-electron chi connectivity index (χ4n) is 1.38. The summed E-state index contributed by atoms with van der Waals surface area (Å²) in [6, 6.07) is 1.77. The molecule has 0 radical (unpaired) electrons. The lowest BCUT2D eigenvalue weighted by molar-refractivity contribution is -0.131. The Balaban J connectivity index is 2.67. The van der Waals surface area contributed by atoms with Gasteiger partial charge in [-0.1, -0.05) is 6.92 Å². The van der Waals surface area contributed by atoms with Crippen molar-refractivity contribution in [2.45, 2.75) is 19.9 Å². The molecule has 1 heterocycles. The highest BCUT2D eigenvalue weighted by atomic mass is 32.2. The first-order valence-electron chi connectivity index (χ1n) is 6.04. The third kappa shape index (κ3) is 5.41. The average molecular weight is 318 g/mol. The fourth-order valence-corrected chi connectivity index (χ4v) is 3.36. The molecule has 0 aliphatic heterocycles. The predicted molar refractivity (Wildman–Crippen MR) is 79.7 cm³/mol. The zero-order valence-corrected chi connectivity index (χ0v) is 13.0. The molecule has 20 heavy (non-hydrogen) atoms. The quantitative estimate of drug-likeness (QED) is 0.712. The molecule has 2 N–H and O–H groups in total. The van der Waals surface area contributed by atoms with Gasteiger partial charge in [0.1, 0.15) is 0 Å². The maximum atomic E-state index is 11.8. The van der Waals surface area contributed by atoms with Crippen LogP contribution in [0.3, 0.4) is 0 Å². The molecule has 0 unspecified atom stereocenters. The number of carbonyl (C=O) groups is 1. The molecular weight excluding hydrogens is 300 g/mol. The Morgan fingerprint density at radius 2 is 2.25 bits per heavy atom. The molecule has 1 aromatic heterocycles. The number of aliphatic carboxylic acids is 1. The predicted octanol–water partition coefficient (Wildman–Crippen LogP) is 1.52. The molecule has 6 nitrogen and oxygen atoms in total. The van der Waals surface area contributed by atoms with E-state index in [2.05, 4.69) is 4.72 Å². The van der Waals surface area contributed by atoms with Gasteiger partial charge >= 0.3 is 5.97 Å². The van der Waals surface area contributed by atoms with E-state index in [-0.39, 0.29) is 6.54 Å². The summed E-state index contributed by atoms with van der Waals surface area (Å²) in [5, 5.41) is 10.3. The molecule has 0 atom stereocenters. The summed E-state index contributed by atoms with van der Waals surface area (Å²) < 4.78 is 27.4. The monoisotopic (exact) mass is 318 g/mol. The van der Waals surface area contributed by atoms with Gasteiger partial charge in [0.25, 0.3) is 10.2 Å². The Morgan fingerprint density at radius 1 is 1.55 bits per heavy atom. The number of carboxylic acid groups (broad SMARTS) is 1. The molecule has 0 bridgehead atoms. The minimum Gasteiger partial charge on any atom is -0.478 e. The third-order valence-electron chi connectivity index (χ3n) is 2.42. The molecule has 112 valence electrons. The molecule has 0 saturated heterocycles. The SMILES string of the molecule is CCCNS(=O)(=O)N(C)Cc1cc(/C=C/C(=O)O)cs1. The summed E-state index contributed by atoms with van der Waals surface area (Å²) >= 11 is 1.39. The van der Waals surface area contributed by atoms with E-state index in [0.717, 1.165) is 22.9 Å². The van der Waals surface area contributed by atoms with E-state index in [9.17, 15) is 13.2 Å². The second kappa shape index (κ2) is 7.53. The Bertz CT molecular complexity index is 578. The maximum absolute atomic E-state index is 11.8. The Kier molecular flexibility index (Phi) is 6.34. The first-order chi connectivity index (χ1) is 9.35. The van der Waals surface area contributed by atoms with Gasteiger partial charge in [-0.05, 0) is 29.5 Å². The highest BCUT2D eigenvalue weighted by Crippen LogP contribution is 2.18. The van der Waals surface area contributed by atoms with Gasteiger partial charge in [0.15, 0.2) is 0 Å². The highest BCUT2D eigenvalue weighted by Gasteiger charge is 2.17. The van der Waals surface area contributed by atoms with Crippen LogP contribution in [0.4, 0.5) is 0 Å². The van der Waals surface area contributed by atoms with Crippen LogP contribution < -0.4 is 4.72 Å². The van der Waals surface area contributed by atoms with Gasteiger partial charge in [0.05, 0.1) is 0 Å². The molecule has 0 aliphatic rings. The zero-order chi connectivity index (χ0) is 15.2. The van der Waals surface area contributed by atoms with Crippen LogP contribution >= 0.6 is 11.3 Å². The summed E-state index contributed by atoms with van der Waals surface area (Å²) in [4.78, 5) is 11.3. The number of rotatable bonds is 8. The Hall–Kier alpha value is -1.22. The van der Waals surface area contributed by atoms with Crippen LogP contribution in [0.5, 0.6) is 0 Å². The van der Waals surface area contributed by atoms with Crippen molar-refractivity contribution in [1.82, 2.24) is 9.03 Å². The average Bonchev–Trinajstić information content (AvgIpc) is 2.81. The van der Waals surface area contributed by atoms with Crippen molar-refractivity contribution in [3.63, 3.8) is 0 Å². The summed E-state index contributed by atoms with van der Waals surface area (Å²) in [5.41, 5.74) is 0.750. The molecule has 0 fully saturated rings. The largest absolute Gasteiger partial charge is 0.478 e. The number of nitrogens with zero attached hydrogens (tertiary/aromatic N) is 1. The lowest BCUT2D eigenvalue weighted by Gasteiger charge is -2.16. The molecule has 1 aromatic rings. The van der Waals surface area contributed by atoms with Crippen molar-refractivity contribution in [3.8, 4) is 0 Å². The second-order valence-electron chi connectivity index (χ2n) is 4.17. The normalized spacial score (nSPS) is 12.3. The van der Waals surface area contributed by atoms with E-state index in [1.54, 1.807) is 11.4 Å². The van der Waals surface area contributed by atoms with Gasteiger partial charge in [-0.3, -0.25) is 0 Å². The highest BCUT2D eigenvalue weighted by molar-refractivity contribution is 7.87. The number of carboxylic acids is 1. The van der Waals surface area contributed by atoms with Gasteiger partial charge in [0, 0.05) is 31.1 Å². The Morgan fingerprint density at radius 3 is 2.85 bits per heavy atom. The molecule has 0 aliphatic carbocycles. The lowest BCUT2D eigenvalue weighted by atomic mass is 10.3. The van der Waals surface area contributed by atoms with Gasteiger partial charge in [-0.15, -0.1) is 11.3 Å². The van der Waals surface area contributed by atoms with Crippen molar-refractivity contribution in [2.24, 2.45) is 0 Å². The molecule has 0 amide bonds. The molecule has 0 spiro atoms. The third-order valence-corrected chi connectivity index (χ3v) is 4.87. The number of nitrogens with one attached hydrogen (secondary N) is 1. The van der Waals surface area contributed by atoms with E-state index in [1.165, 1.54) is 28.8 Å². The lowest BCUT2D eigenvalue weighted by Crippen LogP contribution is -2.37. The van der Waals surface area contributed by atoms with Crippen molar-refractivity contribution < 1.29 is 18.3 Å². The van der Waals surface area contributed by atoms with Gasteiger partial charge < -0.3 is 5.11 Å². The number of thiophene rings is 1. The molecule has 0 aromatic carbocycles. The summed E-state index contributed by atoms with van der Waals surface area (Å²) in [6.07, 6.45) is 3.26. The molecule has 8 heteroatoms. The smallest absolute Gasteiger partial charge is 0.328 e. The number of hydrogen-bond acceptors (Lipinski definition) is 4. The van der Waals surface area contributed by atoms with Crippen LogP contribution in [0.2, 0.25) is 0 Å². The van der Waals surface area contributed by atoms with E-state index < -0.39 is 16.2 Å². The zero-order valence-electron chi connectivity index (χ0n) is 11.4. The first kappa shape index (κ1) is 16.8. The fraction of sp³-hybridized carbons (Fsp3) is 0.417. The minimum absolute atomic E-state index is 0.255. The first-order valence-corrected chi connectivity index (χ1v) is 8.36. The van der Waals surface area contributed by atoms with Gasteiger partial charge in [-0.25, -0.2) is 9.52 Å². The van der Waals surface area contributed by atoms with Crippen LogP contribution in [-0.4, -0.2) is 37.4 Å². The van der Waals surface area contributed by atoms with Crippen molar-refractivity contribution in [2.75, 3.05) is 13.6 Å². The minimum atomic E-state index is -3.46. The number of hydrogen-bond donors (Lipinski definition) is 2. The van der Waals surface area contributed by atoms with Gasteiger partial charge in [-0.2, -0.15) is 12.7 Å². The van der Waals surface area contributed by atoms with Gasteiger partial charge in [0.2, 0.25) is 0 Å². The maximum Gasteiger partial charge on any atom is 0.328 e.